The van der Waals surface area contributed by atoms with Crippen LogP contribution in [0.4, 0.5) is 0 Å². The van der Waals surface area contributed by atoms with E-state index in [1.165, 1.54) is 44.9 Å². The number of hydrogen-bond donors (Lipinski definition) is 0. The van der Waals surface area contributed by atoms with Gasteiger partial charge >= 0.3 is 0 Å². The molecule has 0 aromatic rings. The highest BCUT2D eigenvalue weighted by Crippen LogP contribution is 2.24. The van der Waals surface area contributed by atoms with Crippen LogP contribution < -0.4 is 0 Å². The molecule has 0 aliphatic heterocycles. The first-order chi connectivity index (χ1) is 7.97. The van der Waals surface area contributed by atoms with E-state index in [4.69, 9.17) is 0 Å². The van der Waals surface area contributed by atoms with Crippen molar-refractivity contribution in [3.63, 3.8) is 0 Å². The van der Waals surface area contributed by atoms with Gasteiger partial charge in [0.05, 0.1) is 0 Å². The second-order valence-corrected chi connectivity index (χ2v) is 6.24. The van der Waals surface area contributed by atoms with E-state index in [9.17, 15) is 0 Å². The average Bonchev–Trinajstić information content (AvgIpc) is 2.23. The molecular weight excluding hydrogens is 204 g/mol. The Morgan fingerprint density at radius 1 is 0.941 bits per heavy atom. The van der Waals surface area contributed by atoms with Crippen LogP contribution in [0.1, 0.15) is 93.4 Å². The van der Waals surface area contributed by atoms with Crippen LogP contribution >= 0.6 is 0 Å². The molecule has 0 heteroatoms. The predicted octanol–water partition coefficient (Wildman–Crippen LogP) is 6.69. The molecule has 1 saturated carbocycles. The van der Waals surface area contributed by atoms with Crippen LogP contribution in [0.15, 0.2) is 0 Å². The summed E-state index contributed by atoms with van der Waals surface area (Å²) in [7, 11) is 0. The molecule has 0 unspecified atom stereocenters. The molecule has 1 rings (SSSR count). The zero-order chi connectivity index (χ0) is 13.7. The maximum absolute atomic E-state index is 2.31. The molecule has 0 amide bonds. The monoisotopic (exact) mass is 242 g/mol. The lowest BCUT2D eigenvalue weighted by molar-refractivity contribution is 0.346. The summed E-state index contributed by atoms with van der Waals surface area (Å²) >= 11 is 0. The fourth-order valence-electron chi connectivity index (χ4n) is 1.72. The van der Waals surface area contributed by atoms with Crippen LogP contribution in [-0.2, 0) is 0 Å². The van der Waals surface area contributed by atoms with Gasteiger partial charge in [-0.1, -0.05) is 93.4 Å². The summed E-state index contributed by atoms with van der Waals surface area (Å²) < 4.78 is 0. The van der Waals surface area contributed by atoms with Crippen LogP contribution in [0.3, 0.4) is 0 Å². The molecule has 0 N–H and O–H groups in total. The van der Waals surface area contributed by atoms with E-state index in [1.54, 1.807) is 0 Å². The first-order valence-electron chi connectivity index (χ1n) is 7.97. The third-order valence-electron chi connectivity index (χ3n) is 3.25. The Morgan fingerprint density at radius 3 is 1.35 bits per heavy atom. The average molecular weight is 242 g/mol. The fraction of sp³-hybridized carbons (Fsp3) is 1.00. The maximum atomic E-state index is 2.31. The Labute approximate surface area is 112 Å². The standard InChI is InChI=1S/C8H18.C5H10.C4H10/c1-4-7-8(5-2)6-3;1-5-3-2-4-5;1-4(2)3/h8H,4-7H2,1-3H3;5H,2-4H2,1H3;4H,1-3H3. The number of hydrogen-bond acceptors (Lipinski definition) is 0. The molecule has 1 fully saturated rings. The summed E-state index contributed by atoms with van der Waals surface area (Å²) in [5.41, 5.74) is 0. The van der Waals surface area contributed by atoms with Gasteiger partial charge in [-0.2, -0.15) is 0 Å². The van der Waals surface area contributed by atoms with Gasteiger partial charge in [-0.25, -0.2) is 0 Å². The molecule has 0 saturated heterocycles. The highest BCUT2D eigenvalue weighted by atomic mass is 14.1. The van der Waals surface area contributed by atoms with Gasteiger partial charge in [-0.05, 0) is 17.8 Å². The molecule has 106 valence electrons. The second kappa shape index (κ2) is 14.1. The van der Waals surface area contributed by atoms with E-state index in [2.05, 4.69) is 48.5 Å². The summed E-state index contributed by atoms with van der Waals surface area (Å²) in [5, 5.41) is 0. The van der Waals surface area contributed by atoms with Gasteiger partial charge in [-0.15, -0.1) is 0 Å². The fourth-order valence-corrected chi connectivity index (χ4v) is 1.72. The first-order valence-corrected chi connectivity index (χ1v) is 7.97. The Bertz CT molecular complexity index is 115. The van der Waals surface area contributed by atoms with Crippen molar-refractivity contribution < 1.29 is 0 Å². The lowest BCUT2D eigenvalue weighted by atomic mass is 9.88. The third-order valence-corrected chi connectivity index (χ3v) is 3.25. The topological polar surface area (TPSA) is 0 Å². The zero-order valence-corrected chi connectivity index (χ0v) is 13.7. The van der Waals surface area contributed by atoms with Crippen molar-refractivity contribution in [3.05, 3.63) is 0 Å². The van der Waals surface area contributed by atoms with E-state index in [1.807, 2.05) is 0 Å². The van der Waals surface area contributed by atoms with Gasteiger partial charge in [0.25, 0.3) is 0 Å². The Kier molecular flexibility index (Phi) is 16.0. The van der Waals surface area contributed by atoms with Gasteiger partial charge in [0.1, 0.15) is 0 Å². The highest BCUT2D eigenvalue weighted by Gasteiger charge is 2.09. The molecule has 0 atom stereocenters. The van der Waals surface area contributed by atoms with Gasteiger partial charge in [-0.3, -0.25) is 0 Å². The van der Waals surface area contributed by atoms with E-state index < -0.39 is 0 Å². The zero-order valence-electron chi connectivity index (χ0n) is 13.7. The summed E-state index contributed by atoms with van der Waals surface area (Å²) in [4.78, 5) is 0. The van der Waals surface area contributed by atoms with E-state index >= 15 is 0 Å². The lowest BCUT2D eigenvalue weighted by Gasteiger charge is -2.18. The Morgan fingerprint density at radius 2 is 1.29 bits per heavy atom. The quantitative estimate of drug-likeness (QED) is 0.515. The molecule has 1 aliphatic rings. The third kappa shape index (κ3) is 18.6. The van der Waals surface area contributed by atoms with Gasteiger partial charge in [0, 0.05) is 0 Å². The molecule has 0 heterocycles. The molecule has 0 nitrogen and oxygen atoms in total. The SMILES string of the molecule is CC(C)C.CC1CCC1.CCCC(CC)CC. The van der Waals surface area contributed by atoms with Gasteiger partial charge in [0.2, 0.25) is 0 Å². The predicted molar refractivity (Wildman–Crippen MR) is 82.5 cm³/mol. The van der Waals surface area contributed by atoms with Crippen LogP contribution in [0.5, 0.6) is 0 Å². The normalized spacial score (nSPS) is 14.6. The summed E-state index contributed by atoms with van der Waals surface area (Å²) in [5.74, 6) is 2.90. The second-order valence-electron chi connectivity index (χ2n) is 6.24. The van der Waals surface area contributed by atoms with Crippen molar-refractivity contribution in [2.24, 2.45) is 17.8 Å². The minimum Gasteiger partial charge on any atom is -0.0654 e. The van der Waals surface area contributed by atoms with Crippen molar-refractivity contribution in [3.8, 4) is 0 Å². The Balaban J connectivity index is 0. The highest BCUT2D eigenvalue weighted by molar-refractivity contribution is 4.62. The maximum Gasteiger partial charge on any atom is -0.0420 e. The van der Waals surface area contributed by atoms with Crippen molar-refractivity contribution in [2.45, 2.75) is 93.4 Å². The van der Waals surface area contributed by atoms with Crippen LogP contribution in [0, 0.1) is 17.8 Å². The van der Waals surface area contributed by atoms with Crippen molar-refractivity contribution >= 4 is 0 Å². The summed E-state index contributed by atoms with van der Waals surface area (Å²) in [6.07, 6.45) is 9.97. The number of rotatable bonds is 4. The van der Waals surface area contributed by atoms with Crippen LogP contribution in [0.25, 0.3) is 0 Å². The summed E-state index contributed by atoms with van der Waals surface area (Å²) in [6.45, 7) is 15.6. The van der Waals surface area contributed by atoms with E-state index in [0.717, 1.165) is 17.8 Å². The first kappa shape index (κ1) is 19.3. The molecule has 1 aliphatic carbocycles. The summed E-state index contributed by atoms with van der Waals surface area (Å²) in [6, 6.07) is 0. The van der Waals surface area contributed by atoms with E-state index in [0.29, 0.717) is 0 Å². The minimum atomic E-state index is 0.833. The van der Waals surface area contributed by atoms with Gasteiger partial charge in [0.15, 0.2) is 0 Å². The minimum absolute atomic E-state index is 0.833. The van der Waals surface area contributed by atoms with Crippen LogP contribution in [-0.4, -0.2) is 0 Å². The van der Waals surface area contributed by atoms with Crippen molar-refractivity contribution in [1.82, 2.24) is 0 Å². The van der Waals surface area contributed by atoms with E-state index in [-0.39, 0.29) is 0 Å². The molecule has 0 radical (unpaired) electrons. The molecule has 0 aromatic heterocycles. The Hall–Kier alpha value is 0. The molecule has 0 spiro atoms. The van der Waals surface area contributed by atoms with Gasteiger partial charge < -0.3 is 0 Å². The molecule has 0 aromatic carbocycles. The lowest BCUT2D eigenvalue weighted by Crippen LogP contribution is -2.04. The van der Waals surface area contributed by atoms with Crippen molar-refractivity contribution in [2.75, 3.05) is 0 Å². The molecule has 17 heavy (non-hydrogen) atoms. The molecular formula is C17H38. The molecule has 0 bridgehead atoms. The van der Waals surface area contributed by atoms with Crippen LogP contribution in [0.2, 0.25) is 0 Å². The van der Waals surface area contributed by atoms with Crippen molar-refractivity contribution in [1.29, 1.82) is 0 Å². The largest absolute Gasteiger partial charge is 0.0654 e. The smallest absolute Gasteiger partial charge is 0.0420 e.